The molecule has 1 saturated heterocycles. The van der Waals surface area contributed by atoms with Gasteiger partial charge in [-0.3, -0.25) is 4.79 Å². The van der Waals surface area contributed by atoms with Gasteiger partial charge in [0.15, 0.2) is 0 Å². The first kappa shape index (κ1) is 20.0. The zero-order valence-electron chi connectivity index (χ0n) is 16.1. The van der Waals surface area contributed by atoms with Crippen LogP contribution in [0.4, 0.5) is 5.13 Å². The van der Waals surface area contributed by atoms with E-state index in [-0.39, 0.29) is 17.4 Å². The van der Waals surface area contributed by atoms with Crippen LogP contribution in [-0.4, -0.2) is 46.5 Å². The van der Waals surface area contributed by atoms with Crippen LogP contribution in [-0.2, 0) is 22.2 Å². The van der Waals surface area contributed by atoms with Crippen molar-refractivity contribution in [1.29, 1.82) is 0 Å². The van der Waals surface area contributed by atoms with Crippen LogP contribution in [0.2, 0.25) is 0 Å². The summed E-state index contributed by atoms with van der Waals surface area (Å²) in [4.78, 5) is 17.1. The summed E-state index contributed by atoms with van der Waals surface area (Å²) >= 11 is 1.34. The molecule has 0 aliphatic carbocycles. The van der Waals surface area contributed by atoms with E-state index >= 15 is 0 Å². The molecule has 0 amide bonds. The first-order valence-corrected chi connectivity index (χ1v) is 12.1. The molecule has 10 heteroatoms. The van der Waals surface area contributed by atoms with Crippen LogP contribution < -0.4 is 10.9 Å². The van der Waals surface area contributed by atoms with Gasteiger partial charge in [-0.1, -0.05) is 48.6 Å². The van der Waals surface area contributed by atoms with Crippen LogP contribution in [0, 0.1) is 0 Å². The maximum Gasteiger partial charge on any atom is 0.275 e. The van der Waals surface area contributed by atoms with E-state index in [9.17, 15) is 13.2 Å². The van der Waals surface area contributed by atoms with Gasteiger partial charge in [0.25, 0.3) is 5.56 Å². The highest BCUT2D eigenvalue weighted by molar-refractivity contribution is 7.88. The summed E-state index contributed by atoms with van der Waals surface area (Å²) in [6.07, 6.45) is 2.07. The molecule has 0 radical (unpaired) electrons. The SMILES string of the molecule is CCc1cc(=O)n2nc(NC3CCN(S(=O)(=O)Cc4ccccc4)CC3)sc2n1. The second-order valence-electron chi connectivity index (χ2n) is 7.10. The third-order valence-electron chi connectivity index (χ3n) is 5.03. The number of nitrogens with one attached hydrogen (secondary N) is 1. The van der Waals surface area contributed by atoms with Gasteiger partial charge in [-0.05, 0) is 24.8 Å². The fraction of sp³-hybridized carbons (Fsp3) is 0.421. The molecular formula is C19H23N5O3S2. The molecule has 1 aromatic carbocycles. The van der Waals surface area contributed by atoms with Gasteiger partial charge in [-0.2, -0.15) is 4.52 Å². The summed E-state index contributed by atoms with van der Waals surface area (Å²) in [6.45, 7) is 2.89. The number of benzene rings is 1. The fourth-order valence-corrected chi connectivity index (χ4v) is 5.89. The average Bonchev–Trinajstić information content (AvgIpc) is 3.12. The molecule has 0 spiro atoms. The fourth-order valence-electron chi connectivity index (χ4n) is 3.42. The molecule has 1 fully saturated rings. The number of aryl methyl sites for hydroxylation is 1. The van der Waals surface area contributed by atoms with Crippen molar-refractivity contribution in [1.82, 2.24) is 18.9 Å². The Bertz CT molecular complexity index is 1150. The molecule has 29 heavy (non-hydrogen) atoms. The molecule has 3 aromatic rings. The van der Waals surface area contributed by atoms with Crippen LogP contribution in [0.15, 0.2) is 41.2 Å². The van der Waals surface area contributed by atoms with Crippen molar-refractivity contribution in [2.75, 3.05) is 18.4 Å². The van der Waals surface area contributed by atoms with Gasteiger partial charge < -0.3 is 5.32 Å². The maximum atomic E-state index is 12.7. The highest BCUT2D eigenvalue weighted by Crippen LogP contribution is 2.23. The number of anilines is 1. The Morgan fingerprint density at radius 1 is 1.21 bits per heavy atom. The van der Waals surface area contributed by atoms with Gasteiger partial charge in [-0.25, -0.2) is 17.7 Å². The first-order chi connectivity index (χ1) is 13.9. The van der Waals surface area contributed by atoms with Gasteiger partial charge in [0, 0.05) is 30.9 Å². The molecule has 154 valence electrons. The second kappa shape index (κ2) is 8.21. The molecule has 3 heterocycles. The van der Waals surface area contributed by atoms with Crippen molar-refractivity contribution in [3.8, 4) is 0 Å². The molecule has 0 atom stereocenters. The van der Waals surface area contributed by atoms with Crippen LogP contribution >= 0.6 is 11.3 Å². The lowest BCUT2D eigenvalue weighted by molar-refractivity contribution is 0.329. The zero-order valence-corrected chi connectivity index (χ0v) is 17.7. The van der Waals surface area contributed by atoms with E-state index in [1.165, 1.54) is 21.9 Å². The predicted molar refractivity (Wildman–Crippen MR) is 114 cm³/mol. The summed E-state index contributed by atoms with van der Waals surface area (Å²) in [5.41, 5.74) is 1.37. The Balaban J connectivity index is 1.39. The smallest absolute Gasteiger partial charge is 0.275 e. The number of nitrogens with zero attached hydrogens (tertiary/aromatic N) is 4. The van der Waals surface area contributed by atoms with Crippen molar-refractivity contribution in [3.63, 3.8) is 0 Å². The van der Waals surface area contributed by atoms with E-state index < -0.39 is 10.0 Å². The largest absolute Gasteiger partial charge is 0.357 e. The van der Waals surface area contributed by atoms with E-state index in [0.717, 1.165) is 11.3 Å². The Hall–Kier alpha value is -2.30. The molecule has 0 bridgehead atoms. The number of sulfonamides is 1. The quantitative estimate of drug-likeness (QED) is 0.640. The third kappa shape index (κ3) is 4.49. The van der Waals surface area contributed by atoms with Crippen molar-refractivity contribution in [2.24, 2.45) is 0 Å². The highest BCUT2D eigenvalue weighted by atomic mass is 32.2. The normalized spacial score (nSPS) is 16.3. The monoisotopic (exact) mass is 433 g/mol. The Morgan fingerprint density at radius 3 is 2.62 bits per heavy atom. The van der Waals surface area contributed by atoms with Crippen LogP contribution in [0.1, 0.15) is 31.0 Å². The number of rotatable bonds is 6. The van der Waals surface area contributed by atoms with Gasteiger partial charge in [0.2, 0.25) is 20.1 Å². The number of hydrogen-bond donors (Lipinski definition) is 1. The minimum atomic E-state index is -3.33. The molecule has 0 saturated carbocycles. The summed E-state index contributed by atoms with van der Waals surface area (Å²) in [5.74, 6) is 0.0259. The Kier molecular flexibility index (Phi) is 5.66. The third-order valence-corrected chi connectivity index (χ3v) is 7.72. The summed E-state index contributed by atoms with van der Waals surface area (Å²) in [6, 6.07) is 10.9. The number of aromatic nitrogens is 3. The van der Waals surface area contributed by atoms with Crippen molar-refractivity contribution in [2.45, 2.75) is 38.0 Å². The van der Waals surface area contributed by atoms with Gasteiger partial charge >= 0.3 is 0 Å². The zero-order chi connectivity index (χ0) is 20.4. The van der Waals surface area contributed by atoms with Crippen LogP contribution in [0.5, 0.6) is 0 Å². The maximum absolute atomic E-state index is 12.7. The summed E-state index contributed by atoms with van der Waals surface area (Å²) < 4.78 is 28.2. The van der Waals surface area contributed by atoms with Crippen molar-refractivity contribution < 1.29 is 8.42 Å². The lowest BCUT2D eigenvalue weighted by atomic mass is 10.1. The molecule has 1 aliphatic rings. The molecule has 8 nitrogen and oxygen atoms in total. The number of hydrogen-bond acceptors (Lipinski definition) is 7. The standard InChI is InChI=1S/C19H23N5O3S2/c1-2-15-12-17(25)24-19(21-15)28-18(22-24)20-16-8-10-23(11-9-16)29(26,27)13-14-6-4-3-5-7-14/h3-7,12,16H,2,8-11,13H2,1H3,(H,20,22). The summed E-state index contributed by atoms with van der Waals surface area (Å²) in [7, 11) is -3.33. The van der Waals surface area contributed by atoms with E-state index in [0.29, 0.717) is 42.4 Å². The van der Waals surface area contributed by atoms with E-state index in [2.05, 4.69) is 15.4 Å². The van der Waals surface area contributed by atoms with E-state index in [1.54, 1.807) is 4.31 Å². The second-order valence-corrected chi connectivity index (χ2v) is 10.0. The predicted octanol–water partition coefficient (Wildman–Crippen LogP) is 2.12. The summed E-state index contributed by atoms with van der Waals surface area (Å²) in [5, 5.41) is 8.30. The van der Waals surface area contributed by atoms with Crippen molar-refractivity contribution in [3.05, 3.63) is 58.0 Å². The molecule has 2 aromatic heterocycles. The molecule has 0 unspecified atom stereocenters. The highest BCUT2D eigenvalue weighted by Gasteiger charge is 2.28. The topological polar surface area (TPSA) is 96.7 Å². The average molecular weight is 434 g/mol. The molecular weight excluding hydrogens is 410 g/mol. The first-order valence-electron chi connectivity index (χ1n) is 9.62. The minimum absolute atomic E-state index is 0.0259. The van der Waals surface area contributed by atoms with Gasteiger partial charge in [-0.15, -0.1) is 5.10 Å². The van der Waals surface area contributed by atoms with E-state index in [4.69, 9.17) is 0 Å². The lowest BCUT2D eigenvalue weighted by Crippen LogP contribution is -2.42. The van der Waals surface area contributed by atoms with Crippen LogP contribution in [0.3, 0.4) is 0 Å². The lowest BCUT2D eigenvalue weighted by Gasteiger charge is -2.31. The Labute approximate surface area is 173 Å². The molecule has 1 N–H and O–H groups in total. The van der Waals surface area contributed by atoms with Crippen LogP contribution in [0.25, 0.3) is 4.96 Å². The molecule has 1 aliphatic heterocycles. The van der Waals surface area contributed by atoms with E-state index in [1.807, 2.05) is 37.3 Å². The van der Waals surface area contributed by atoms with Gasteiger partial charge in [0.05, 0.1) is 5.75 Å². The molecule has 4 rings (SSSR count). The number of fused-ring (bicyclic) bond motifs is 1. The van der Waals surface area contributed by atoms with Gasteiger partial charge in [0.1, 0.15) is 0 Å². The number of piperidine rings is 1. The Morgan fingerprint density at radius 2 is 1.93 bits per heavy atom. The van der Waals surface area contributed by atoms with Crippen molar-refractivity contribution >= 4 is 31.5 Å². The minimum Gasteiger partial charge on any atom is -0.357 e.